The molecule has 0 aromatic heterocycles. The first-order valence-electron chi connectivity index (χ1n) is 4.59. The fourth-order valence-corrected chi connectivity index (χ4v) is 1.85. The number of hydrogen-bond acceptors (Lipinski definition) is 2. The smallest absolute Gasteiger partial charge is 0.113 e. The molecule has 0 saturated carbocycles. The normalized spacial score (nSPS) is 16.7. The molecule has 2 heteroatoms. The SMILES string of the molecule is C1=CC2=c3c(cccc3=COC2)C=N1. The maximum atomic E-state index is 5.38. The fourth-order valence-electron chi connectivity index (χ4n) is 1.85. The van der Waals surface area contributed by atoms with Crippen molar-refractivity contribution in [3.8, 4) is 0 Å². The van der Waals surface area contributed by atoms with Crippen molar-refractivity contribution in [3.63, 3.8) is 0 Å². The minimum absolute atomic E-state index is 0.643. The molecule has 0 amide bonds. The summed E-state index contributed by atoms with van der Waals surface area (Å²) in [6, 6.07) is 6.16. The Morgan fingerprint density at radius 1 is 1.29 bits per heavy atom. The van der Waals surface area contributed by atoms with E-state index in [9.17, 15) is 0 Å². The predicted octanol–water partition coefficient (Wildman–Crippen LogP) is 0.552. The van der Waals surface area contributed by atoms with Gasteiger partial charge in [-0.2, -0.15) is 0 Å². The zero-order valence-corrected chi connectivity index (χ0v) is 7.60. The Hall–Kier alpha value is -1.83. The summed E-state index contributed by atoms with van der Waals surface area (Å²) in [7, 11) is 0. The van der Waals surface area contributed by atoms with Gasteiger partial charge in [-0.3, -0.25) is 4.99 Å². The third-order valence-electron chi connectivity index (χ3n) is 2.47. The van der Waals surface area contributed by atoms with Gasteiger partial charge in [-0.1, -0.05) is 18.2 Å². The summed E-state index contributed by atoms with van der Waals surface area (Å²) in [6.45, 7) is 0.643. The van der Waals surface area contributed by atoms with Crippen molar-refractivity contribution in [1.29, 1.82) is 0 Å². The number of rotatable bonds is 0. The van der Waals surface area contributed by atoms with Crippen LogP contribution in [0.25, 0.3) is 11.8 Å². The van der Waals surface area contributed by atoms with Gasteiger partial charge in [-0.05, 0) is 11.6 Å². The molecule has 0 unspecified atom stereocenters. The van der Waals surface area contributed by atoms with Crippen molar-refractivity contribution in [2.45, 2.75) is 0 Å². The highest BCUT2D eigenvalue weighted by atomic mass is 16.5. The Balaban J connectivity index is 2.55. The van der Waals surface area contributed by atoms with Crippen molar-refractivity contribution in [2.24, 2.45) is 4.99 Å². The molecule has 0 bridgehead atoms. The number of hydrogen-bond donors (Lipinski definition) is 0. The van der Waals surface area contributed by atoms with Crippen LogP contribution >= 0.6 is 0 Å². The number of nitrogens with zero attached hydrogens (tertiary/aromatic N) is 1. The minimum atomic E-state index is 0.643. The van der Waals surface area contributed by atoms with Gasteiger partial charge in [-0.25, -0.2) is 0 Å². The van der Waals surface area contributed by atoms with E-state index >= 15 is 0 Å². The van der Waals surface area contributed by atoms with Crippen molar-refractivity contribution in [1.82, 2.24) is 0 Å². The summed E-state index contributed by atoms with van der Waals surface area (Å²) < 4.78 is 5.38. The van der Waals surface area contributed by atoms with E-state index in [0.717, 1.165) is 5.22 Å². The molecule has 14 heavy (non-hydrogen) atoms. The van der Waals surface area contributed by atoms with Gasteiger partial charge >= 0.3 is 0 Å². The van der Waals surface area contributed by atoms with Gasteiger partial charge in [0.05, 0.1) is 6.26 Å². The lowest BCUT2D eigenvalue weighted by molar-refractivity contribution is 0.341. The molecule has 1 aromatic carbocycles. The van der Waals surface area contributed by atoms with Crippen molar-refractivity contribution >= 4 is 18.0 Å². The maximum absolute atomic E-state index is 5.38. The van der Waals surface area contributed by atoms with Crippen LogP contribution in [0, 0.1) is 0 Å². The molecule has 2 aliphatic rings. The van der Waals surface area contributed by atoms with E-state index in [-0.39, 0.29) is 0 Å². The van der Waals surface area contributed by atoms with Gasteiger partial charge in [0.25, 0.3) is 0 Å². The summed E-state index contributed by atoms with van der Waals surface area (Å²) in [5.74, 6) is 0. The molecule has 3 rings (SSSR count). The Morgan fingerprint density at radius 2 is 2.29 bits per heavy atom. The lowest BCUT2D eigenvalue weighted by Crippen LogP contribution is -2.34. The van der Waals surface area contributed by atoms with Gasteiger partial charge in [0.15, 0.2) is 0 Å². The molecule has 0 radical (unpaired) electrons. The molecule has 1 aromatic rings. The number of benzene rings is 1. The zero-order valence-electron chi connectivity index (χ0n) is 7.60. The van der Waals surface area contributed by atoms with E-state index in [0.29, 0.717) is 6.61 Å². The van der Waals surface area contributed by atoms with Crippen LogP contribution in [0.5, 0.6) is 0 Å². The predicted molar refractivity (Wildman–Crippen MR) is 56.3 cm³/mol. The van der Waals surface area contributed by atoms with Crippen LogP contribution in [-0.2, 0) is 4.74 Å². The van der Waals surface area contributed by atoms with Gasteiger partial charge in [0.2, 0.25) is 0 Å². The van der Waals surface area contributed by atoms with E-state index in [1.165, 1.54) is 16.4 Å². The maximum Gasteiger partial charge on any atom is 0.113 e. The van der Waals surface area contributed by atoms with Crippen molar-refractivity contribution < 1.29 is 4.74 Å². The average molecular weight is 183 g/mol. The molecule has 2 aliphatic heterocycles. The van der Waals surface area contributed by atoms with E-state index in [1.54, 1.807) is 0 Å². The summed E-state index contributed by atoms with van der Waals surface area (Å²) in [5, 5.41) is 2.40. The molecule has 0 fully saturated rings. The molecular formula is C12H9NO. The van der Waals surface area contributed by atoms with Gasteiger partial charge < -0.3 is 4.74 Å². The highest BCUT2D eigenvalue weighted by Gasteiger charge is 2.06. The lowest BCUT2D eigenvalue weighted by atomic mass is 10.1. The average Bonchev–Trinajstić information content (AvgIpc) is 2.44. The second-order valence-corrected chi connectivity index (χ2v) is 3.36. The molecule has 0 aliphatic carbocycles. The van der Waals surface area contributed by atoms with Gasteiger partial charge in [0.1, 0.15) is 6.61 Å². The summed E-state index contributed by atoms with van der Waals surface area (Å²) in [5.41, 5.74) is 2.37. The highest BCUT2D eigenvalue weighted by molar-refractivity contribution is 5.84. The zero-order chi connectivity index (χ0) is 9.38. The molecule has 2 nitrogen and oxygen atoms in total. The molecule has 2 heterocycles. The standard InChI is InChI=1S/C12H9NO/c1-2-9-6-13-5-4-11-8-14-7-10(3-1)12(9)11/h1-7H,8H2. The topological polar surface area (TPSA) is 21.6 Å². The summed E-state index contributed by atoms with van der Waals surface area (Å²) >= 11 is 0. The highest BCUT2D eigenvalue weighted by Crippen LogP contribution is 2.04. The van der Waals surface area contributed by atoms with Crippen LogP contribution in [0.3, 0.4) is 0 Å². The van der Waals surface area contributed by atoms with E-state index in [4.69, 9.17) is 4.74 Å². The minimum Gasteiger partial charge on any atom is -0.496 e. The number of ether oxygens (including phenoxy) is 1. The Bertz CT molecular complexity index is 552. The van der Waals surface area contributed by atoms with Crippen LogP contribution in [0.4, 0.5) is 0 Å². The molecule has 68 valence electrons. The third kappa shape index (κ3) is 1.01. The molecule has 0 atom stereocenters. The Morgan fingerprint density at radius 3 is 3.29 bits per heavy atom. The second-order valence-electron chi connectivity index (χ2n) is 3.36. The molecular weight excluding hydrogens is 174 g/mol. The first kappa shape index (κ1) is 7.56. The van der Waals surface area contributed by atoms with E-state index in [1.807, 2.05) is 30.8 Å². The summed E-state index contributed by atoms with van der Waals surface area (Å²) in [4.78, 5) is 4.18. The Labute approximate surface area is 81.5 Å². The van der Waals surface area contributed by atoms with Crippen LogP contribution in [0.2, 0.25) is 0 Å². The first-order valence-corrected chi connectivity index (χ1v) is 4.59. The molecule has 0 N–H and O–H groups in total. The fraction of sp³-hybridized carbons (Fsp3) is 0.0833. The van der Waals surface area contributed by atoms with Gasteiger partial charge in [0, 0.05) is 28.4 Å². The third-order valence-corrected chi connectivity index (χ3v) is 2.47. The van der Waals surface area contributed by atoms with Crippen LogP contribution in [0.1, 0.15) is 5.56 Å². The Kier molecular flexibility index (Phi) is 1.53. The van der Waals surface area contributed by atoms with Crippen LogP contribution in [0.15, 0.2) is 35.5 Å². The van der Waals surface area contributed by atoms with Crippen molar-refractivity contribution in [2.75, 3.05) is 6.61 Å². The molecule has 0 saturated heterocycles. The second kappa shape index (κ2) is 2.84. The lowest BCUT2D eigenvalue weighted by Gasteiger charge is -2.09. The van der Waals surface area contributed by atoms with Crippen LogP contribution in [-0.4, -0.2) is 12.8 Å². The quantitative estimate of drug-likeness (QED) is 0.575. The van der Waals surface area contributed by atoms with Crippen molar-refractivity contribution in [3.05, 3.63) is 46.5 Å². The monoisotopic (exact) mass is 183 g/mol. The largest absolute Gasteiger partial charge is 0.496 e. The van der Waals surface area contributed by atoms with E-state index in [2.05, 4.69) is 17.1 Å². The molecule has 0 spiro atoms. The first-order chi connectivity index (χ1) is 6.95. The van der Waals surface area contributed by atoms with Crippen LogP contribution < -0.4 is 10.4 Å². The summed E-state index contributed by atoms with van der Waals surface area (Å²) in [6.07, 6.45) is 7.53. The van der Waals surface area contributed by atoms with Gasteiger partial charge in [-0.15, -0.1) is 0 Å². The van der Waals surface area contributed by atoms with E-state index < -0.39 is 0 Å². The number of aliphatic imine (C=N–C) groups is 1.